The van der Waals surface area contributed by atoms with Crippen LogP contribution in [0.4, 0.5) is 0 Å². The second-order valence-corrected chi connectivity index (χ2v) is 5.51. The molecule has 2 nitrogen and oxygen atoms in total. The number of ether oxygens (including phenoxy) is 1. The van der Waals surface area contributed by atoms with E-state index in [-0.39, 0.29) is 0 Å². The summed E-state index contributed by atoms with van der Waals surface area (Å²) in [6.45, 7) is 4.74. The maximum Gasteiger partial charge on any atom is 0.119 e. The number of benzene rings is 1. The Balaban J connectivity index is 2.29. The number of halogens is 1. The number of hydrogen-bond acceptors (Lipinski definition) is 2. The van der Waals surface area contributed by atoms with Gasteiger partial charge in [-0.3, -0.25) is 0 Å². The van der Waals surface area contributed by atoms with Gasteiger partial charge in [-0.25, -0.2) is 0 Å². The summed E-state index contributed by atoms with van der Waals surface area (Å²) in [4.78, 5) is 0. The minimum Gasteiger partial charge on any atom is -0.491 e. The zero-order valence-corrected chi connectivity index (χ0v) is 12.7. The highest BCUT2D eigenvalue weighted by Crippen LogP contribution is 2.20. The Morgan fingerprint density at radius 2 is 1.89 bits per heavy atom. The van der Waals surface area contributed by atoms with Crippen molar-refractivity contribution >= 4 is 11.6 Å². The van der Waals surface area contributed by atoms with Crippen molar-refractivity contribution in [2.75, 3.05) is 6.61 Å². The molecule has 1 aromatic carbocycles. The van der Waals surface area contributed by atoms with Gasteiger partial charge in [-0.1, -0.05) is 51.1 Å². The van der Waals surface area contributed by atoms with Gasteiger partial charge in [-0.15, -0.1) is 0 Å². The van der Waals surface area contributed by atoms with Crippen LogP contribution in [0.1, 0.15) is 46.0 Å². The van der Waals surface area contributed by atoms with Gasteiger partial charge in [0.05, 0.1) is 6.10 Å². The third-order valence-corrected chi connectivity index (χ3v) is 3.66. The van der Waals surface area contributed by atoms with Crippen molar-refractivity contribution in [3.63, 3.8) is 0 Å². The first-order valence-electron chi connectivity index (χ1n) is 7.22. The van der Waals surface area contributed by atoms with Crippen molar-refractivity contribution < 1.29 is 9.84 Å². The summed E-state index contributed by atoms with van der Waals surface area (Å²) in [5, 5.41) is 10.7. The Bertz CT molecular complexity index is 337. The number of hydrogen-bond donors (Lipinski definition) is 1. The second-order valence-electron chi connectivity index (χ2n) is 5.07. The van der Waals surface area contributed by atoms with Crippen molar-refractivity contribution in [1.29, 1.82) is 0 Å². The molecule has 2 atom stereocenters. The van der Waals surface area contributed by atoms with E-state index in [9.17, 15) is 5.11 Å². The number of aliphatic hydroxyl groups is 1. The van der Waals surface area contributed by atoms with Crippen LogP contribution in [-0.2, 0) is 0 Å². The van der Waals surface area contributed by atoms with Crippen molar-refractivity contribution in [1.82, 2.24) is 0 Å². The van der Waals surface area contributed by atoms with E-state index >= 15 is 0 Å². The van der Waals surface area contributed by atoms with Crippen LogP contribution in [0.3, 0.4) is 0 Å². The van der Waals surface area contributed by atoms with Gasteiger partial charge in [-0.2, -0.15) is 0 Å². The van der Waals surface area contributed by atoms with Crippen LogP contribution in [0.25, 0.3) is 0 Å². The van der Waals surface area contributed by atoms with Gasteiger partial charge in [0.2, 0.25) is 0 Å². The van der Waals surface area contributed by atoms with Crippen molar-refractivity contribution in [2.45, 2.75) is 52.1 Å². The van der Waals surface area contributed by atoms with Gasteiger partial charge in [0.1, 0.15) is 12.4 Å². The molecular formula is C16H25ClO2. The Morgan fingerprint density at radius 3 is 2.47 bits per heavy atom. The standard InChI is InChI=1S/C16H25ClO2/c1-3-5-6-13(4-2)11-15(18)12-19-16-9-7-14(17)8-10-16/h7-10,13,15,18H,3-6,11-12H2,1-2H3. The molecule has 2 unspecified atom stereocenters. The average molecular weight is 285 g/mol. The predicted octanol–water partition coefficient (Wildman–Crippen LogP) is 4.69. The molecule has 0 aliphatic rings. The third-order valence-electron chi connectivity index (χ3n) is 3.40. The molecule has 108 valence electrons. The largest absolute Gasteiger partial charge is 0.491 e. The maximum atomic E-state index is 10.0. The van der Waals surface area contributed by atoms with E-state index in [1.807, 2.05) is 12.1 Å². The lowest BCUT2D eigenvalue weighted by Gasteiger charge is -2.19. The van der Waals surface area contributed by atoms with Crippen LogP contribution in [0.15, 0.2) is 24.3 Å². The quantitative estimate of drug-likeness (QED) is 0.713. The summed E-state index contributed by atoms with van der Waals surface area (Å²) < 4.78 is 5.56. The van der Waals surface area contributed by atoms with E-state index < -0.39 is 6.10 Å². The van der Waals surface area contributed by atoms with Gasteiger partial charge in [0.25, 0.3) is 0 Å². The van der Waals surface area contributed by atoms with E-state index in [1.54, 1.807) is 12.1 Å². The first-order chi connectivity index (χ1) is 9.15. The first-order valence-corrected chi connectivity index (χ1v) is 7.59. The summed E-state index contributed by atoms with van der Waals surface area (Å²) >= 11 is 5.81. The summed E-state index contributed by atoms with van der Waals surface area (Å²) in [6, 6.07) is 7.23. The van der Waals surface area contributed by atoms with E-state index in [0.29, 0.717) is 17.5 Å². The molecule has 0 spiro atoms. The smallest absolute Gasteiger partial charge is 0.119 e. The van der Waals surface area contributed by atoms with Crippen molar-refractivity contribution in [2.24, 2.45) is 5.92 Å². The predicted molar refractivity (Wildman–Crippen MR) is 80.9 cm³/mol. The summed E-state index contributed by atoms with van der Waals surface area (Å²) in [6.07, 6.45) is 5.21. The molecule has 3 heteroatoms. The van der Waals surface area contributed by atoms with E-state index in [2.05, 4.69) is 13.8 Å². The van der Waals surface area contributed by atoms with Crippen LogP contribution >= 0.6 is 11.6 Å². The minimum absolute atomic E-state index is 0.351. The average Bonchev–Trinajstić information content (AvgIpc) is 2.42. The Morgan fingerprint density at radius 1 is 1.21 bits per heavy atom. The van der Waals surface area contributed by atoms with Crippen LogP contribution in [0.2, 0.25) is 5.02 Å². The highest BCUT2D eigenvalue weighted by molar-refractivity contribution is 6.30. The molecule has 0 amide bonds. The fourth-order valence-electron chi connectivity index (χ4n) is 2.16. The minimum atomic E-state index is -0.391. The molecule has 0 heterocycles. The van der Waals surface area contributed by atoms with E-state index in [0.717, 1.165) is 18.6 Å². The Labute approximate surface area is 121 Å². The van der Waals surface area contributed by atoms with Gasteiger partial charge in [0, 0.05) is 5.02 Å². The second kappa shape index (κ2) is 9.22. The number of unbranched alkanes of at least 4 members (excludes halogenated alkanes) is 1. The summed E-state index contributed by atoms with van der Waals surface area (Å²) in [5.41, 5.74) is 0. The molecule has 0 aliphatic heterocycles. The van der Waals surface area contributed by atoms with Crippen molar-refractivity contribution in [3.05, 3.63) is 29.3 Å². The number of rotatable bonds is 9. The highest BCUT2D eigenvalue weighted by Gasteiger charge is 2.13. The van der Waals surface area contributed by atoms with Crippen LogP contribution in [-0.4, -0.2) is 17.8 Å². The third kappa shape index (κ3) is 6.84. The molecule has 0 saturated carbocycles. The zero-order chi connectivity index (χ0) is 14.1. The molecule has 1 aromatic rings. The van der Waals surface area contributed by atoms with Gasteiger partial charge < -0.3 is 9.84 Å². The topological polar surface area (TPSA) is 29.5 Å². The molecule has 0 aromatic heterocycles. The summed E-state index contributed by atoms with van der Waals surface area (Å²) in [7, 11) is 0. The van der Waals surface area contributed by atoms with E-state index in [4.69, 9.17) is 16.3 Å². The Hall–Kier alpha value is -0.730. The molecule has 0 saturated heterocycles. The Kier molecular flexibility index (Phi) is 7.92. The van der Waals surface area contributed by atoms with Gasteiger partial charge in [0.15, 0.2) is 0 Å². The molecule has 0 aliphatic carbocycles. The first kappa shape index (κ1) is 16.3. The maximum absolute atomic E-state index is 10.0. The van der Waals surface area contributed by atoms with Crippen LogP contribution < -0.4 is 4.74 Å². The zero-order valence-electron chi connectivity index (χ0n) is 11.9. The lowest BCUT2D eigenvalue weighted by molar-refractivity contribution is 0.0822. The molecule has 1 N–H and O–H groups in total. The summed E-state index contributed by atoms with van der Waals surface area (Å²) in [5.74, 6) is 1.36. The molecule has 0 radical (unpaired) electrons. The van der Waals surface area contributed by atoms with E-state index in [1.165, 1.54) is 19.3 Å². The molecule has 19 heavy (non-hydrogen) atoms. The normalized spacial score (nSPS) is 14.1. The fraction of sp³-hybridized carbons (Fsp3) is 0.625. The molecule has 0 bridgehead atoms. The highest BCUT2D eigenvalue weighted by atomic mass is 35.5. The number of aliphatic hydroxyl groups excluding tert-OH is 1. The molecule has 0 fully saturated rings. The monoisotopic (exact) mass is 284 g/mol. The fourth-order valence-corrected chi connectivity index (χ4v) is 2.28. The SMILES string of the molecule is CCCCC(CC)CC(O)COc1ccc(Cl)cc1. The van der Waals surface area contributed by atoms with Crippen LogP contribution in [0.5, 0.6) is 5.75 Å². The lowest BCUT2D eigenvalue weighted by atomic mass is 9.93. The van der Waals surface area contributed by atoms with Gasteiger partial charge in [-0.05, 0) is 36.6 Å². The lowest BCUT2D eigenvalue weighted by Crippen LogP contribution is -2.21. The van der Waals surface area contributed by atoms with Crippen LogP contribution in [0, 0.1) is 5.92 Å². The van der Waals surface area contributed by atoms with Gasteiger partial charge >= 0.3 is 0 Å². The molecule has 1 rings (SSSR count). The van der Waals surface area contributed by atoms with Crippen molar-refractivity contribution in [3.8, 4) is 5.75 Å². The molecular weight excluding hydrogens is 260 g/mol.